The molecular formula is C16H25NO4. The van der Waals surface area contributed by atoms with Gasteiger partial charge in [-0.3, -0.25) is 0 Å². The van der Waals surface area contributed by atoms with Gasteiger partial charge in [0.25, 0.3) is 0 Å². The van der Waals surface area contributed by atoms with Crippen LogP contribution in [0.4, 0.5) is 4.79 Å². The minimum absolute atomic E-state index is 0.407. The Hall–Kier alpha value is -1.59. The Kier molecular flexibility index (Phi) is 6.65. The van der Waals surface area contributed by atoms with Crippen LogP contribution in [0.1, 0.15) is 32.8 Å². The summed E-state index contributed by atoms with van der Waals surface area (Å²) in [4.78, 5) is 11.8. The van der Waals surface area contributed by atoms with Gasteiger partial charge in [0.1, 0.15) is 5.60 Å². The summed E-state index contributed by atoms with van der Waals surface area (Å²) in [5.41, 5.74) is 0.511. The molecule has 3 N–H and O–H groups in total. The van der Waals surface area contributed by atoms with Gasteiger partial charge >= 0.3 is 6.09 Å². The molecule has 0 fully saturated rings. The molecule has 0 aliphatic rings. The van der Waals surface area contributed by atoms with Gasteiger partial charge in [-0.05, 0) is 39.2 Å². The summed E-state index contributed by atoms with van der Waals surface area (Å²) in [5.74, 6) is 0. The predicted molar refractivity (Wildman–Crippen MR) is 81.0 cm³/mol. The highest BCUT2D eigenvalue weighted by molar-refractivity contribution is 5.68. The second-order valence-electron chi connectivity index (χ2n) is 6.03. The minimum Gasteiger partial charge on any atom is -0.444 e. The number of aliphatic hydroxyl groups excluding tert-OH is 2. The molecule has 1 aromatic rings. The quantitative estimate of drug-likeness (QED) is 0.748. The molecular weight excluding hydrogens is 270 g/mol. The number of alkyl carbamates (subject to hydrolysis) is 1. The fourth-order valence-corrected chi connectivity index (χ4v) is 1.91. The standard InChI is InChI=1S/C16H25NO4/c1-16(2,3)21-15(20)17-13(14(19)11-18)10-9-12-7-5-4-6-8-12/h4-8,13-14,18-19H,9-11H2,1-3H3,(H,17,20)/t13-,14+/m0/s1. The number of hydrogen-bond donors (Lipinski definition) is 3. The Morgan fingerprint density at radius 2 is 1.90 bits per heavy atom. The van der Waals surface area contributed by atoms with E-state index in [1.807, 2.05) is 30.3 Å². The van der Waals surface area contributed by atoms with E-state index in [2.05, 4.69) is 5.32 Å². The maximum atomic E-state index is 11.8. The Morgan fingerprint density at radius 3 is 2.43 bits per heavy atom. The van der Waals surface area contributed by atoms with Crippen LogP contribution in [0.5, 0.6) is 0 Å². The molecule has 0 saturated carbocycles. The van der Waals surface area contributed by atoms with Crippen LogP contribution in [0.3, 0.4) is 0 Å². The van der Waals surface area contributed by atoms with E-state index >= 15 is 0 Å². The number of ether oxygens (including phenoxy) is 1. The van der Waals surface area contributed by atoms with E-state index in [1.54, 1.807) is 20.8 Å². The first kappa shape index (κ1) is 17.5. The van der Waals surface area contributed by atoms with Crippen LogP contribution in [0, 0.1) is 0 Å². The summed E-state index contributed by atoms with van der Waals surface area (Å²) in [6.07, 6.45) is -0.391. The van der Waals surface area contributed by atoms with Gasteiger partial charge in [0, 0.05) is 0 Å². The van der Waals surface area contributed by atoms with Gasteiger partial charge < -0.3 is 20.3 Å². The molecule has 21 heavy (non-hydrogen) atoms. The molecule has 1 aromatic carbocycles. The number of carbonyl (C=O) groups is 1. The lowest BCUT2D eigenvalue weighted by Gasteiger charge is -2.26. The van der Waals surface area contributed by atoms with E-state index in [0.717, 1.165) is 5.56 Å². The zero-order valence-corrected chi connectivity index (χ0v) is 12.9. The van der Waals surface area contributed by atoms with Gasteiger partial charge in [-0.15, -0.1) is 0 Å². The van der Waals surface area contributed by atoms with Gasteiger partial charge in [0.15, 0.2) is 0 Å². The first-order valence-corrected chi connectivity index (χ1v) is 7.14. The average molecular weight is 295 g/mol. The van der Waals surface area contributed by atoms with Crippen molar-refractivity contribution < 1.29 is 19.7 Å². The number of rotatable bonds is 6. The first-order chi connectivity index (χ1) is 9.81. The van der Waals surface area contributed by atoms with Crippen LogP contribution in [-0.2, 0) is 11.2 Å². The van der Waals surface area contributed by atoms with Crippen molar-refractivity contribution >= 4 is 6.09 Å². The molecule has 118 valence electrons. The topological polar surface area (TPSA) is 78.8 Å². The molecule has 2 atom stereocenters. The molecule has 0 bridgehead atoms. The zero-order valence-electron chi connectivity index (χ0n) is 12.9. The molecule has 1 amide bonds. The Morgan fingerprint density at radius 1 is 1.29 bits per heavy atom. The van der Waals surface area contributed by atoms with Crippen molar-refractivity contribution in [2.45, 2.75) is 51.4 Å². The number of aliphatic hydroxyl groups is 2. The molecule has 0 saturated heterocycles. The molecule has 0 aliphatic heterocycles. The second kappa shape index (κ2) is 8.00. The lowest BCUT2D eigenvalue weighted by molar-refractivity contribution is 0.0306. The van der Waals surface area contributed by atoms with Gasteiger partial charge in [-0.25, -0.2) is 4.79 Å². The molecule has 0 aromatic heterocycles. The van der Waals surface area contributed by atoms with E-state index in [4.69, 9.17) is 9.84 Å². The summed E-state index contributed by atoms with van der Waals surface area (Å²) >= 11 is 0. The molecule has 0 unspecified atom stereocenters. The van der Waals surface area contributed by atoms with E-state index in [1.165, 1.54) is 0 Å². The highest BCUT2D eigenvalue weighted by atomic mass is 16.6. The number of benzene rings is 1. The van der Waals surface area contributed by atoms with Crippen molar-refractivity contribution in [2.75, 3.05) is 6.61 Å². The molecule has 5 heteroatoms. The number of hydrogen-bond acceptors (Lipinski definition) is 4. The third kappa shape index (κ3) is 7.11. The van der Waals surface area contributed by atoms with E-state index < -0.39 is 30.4 Å². The van der Waals surface area contributed by atoms with Crippen LogP contribution in [0.25, 0.3) is 0 Å². The monoisotopic (exact) mass is 295 g/mol. The summed E-state index contributed by atoms with van der Waals surface area (Å²) in [6.45, 7) is 4.91. The van der Waals surface area contributed by atoms with Crippen LogP contribution < -0.4 is 5.32 Å². The minimum atomic E-state index is -1.01. The maximum Gasteiger partial charge on any atom is 0.407 e. The smallest absolute Gasteiger partial charge is 0.407 e. The average Bonchev–Trinajstić information content (AvgIpc) is 2.41. The van der Waals surface area contributed by atoms with E-state index in [9.17, 15) is 9.90 Å². The van der Waals surface area contributed by atoms with Crippen LogP contribution >= 0.6 is 0 Å². The molecule has 0 aliphatic carbocycles. The fraction of sp³-hybridized carbons (Fsp3) is 0.562. The number of nitrogens with one attached hydrogen (secondary N) is 1. The highest BCUT2D eigenvalue weighted by Gasteiger charge is 2.24. The van der Waals surface area contributed by atoms with Crippen LogP contribution in [0.2, 0.25) is 0 Å². The molecule has 0 radical (unpaired) electrons. The Balaban J connectivity index is 2.58. The Labute approximate surface area is 125 Å². The number of carbonyl (C=O) groups excluding carboxylic acids is 1. The third-order valence-electron chi connectivity index (χ3n) is 2.94. The van der Waals surface area contributed by atoms with Gasteiger partial charge in [0.2, 0.25) is 0 Å². The lowest BCUT2D eigenvalue weighted by atomic mass is 10.0. The number of aryl methyl sites for hydroxylation is 1. The zero-order chi connectivity index (χ0) is 15.9. The summed E-state index contributed by atoms with van der Waals surface area (Å²) in [6, 6.07) is 9.22. The maximum absolute atomic E-state index is 11.8. The number of amides is 1. The van der Waals surface area contributed by atoms with E-state index in [0.29, 0.717) is 12.8 Å². The van der Waals surface area contributed by atoms with Crippen molar-refractivity contribution in [1.82, 2.24) is 5.32 Å². The largest absolute Gasteiger partial charge is 0.444 e. The normalized spacial score (nSPS) is 14.3. The first-order valence-electron chi connectivity index (χ1n) is 7.14. The highest BCUT2D eigenvalue weighted by Crippen LogP contribution is 2.10. The molecule has 0 heterocycles. The SMILES string of the molecule is CC(C)(C)OC(=O)N[C@@H](CCc1ccccc1)[C@H](O)CO. The van der Waals surface area contributed by atoms with Gasteiger partial charge in [-0.1, -0.05) is 30.3 Å². The predicted octanol–water partition coefficient (Wildman–Crippen LogP) is 1.87. The van der Waals surface area contributed by atoms with Gasteiger partial charge in [-0.2, -0.15) is 0 Å². The fourth-order valence-electron chi connectivity index (χ4n) is 1.91. The van der Waals surface area contributed by atoms with Crippen LogP contribution in [0.15, 0.2) is 30.3 Å². The van der Waals surface area contributed by atoms with Crippen molar-refractivity contribution in [3.05, 3.63) is 35.9 Å². The van der Waals surface area contributed by atoms with E-state index in [-0.39, 0.29) is 0 Å². The summed E-state index contributed by atoms with van der Waals surface area (Å²) < 4.78 is 5.17. The lowest BCUT2D eigenvalue weighted by Crippen LogP contribution is -2.47. The van der Waals surface area contributed by atoms with Crippen molar-refractivity contribution in [2.24, 2.45) is 0 Å². The van der Waals surface area contributed by atoms with Gasteiger partial charge in [0.05, 0.1) is 18.8 Å². The van der Waals surface area contributed by atoms with Crippen molar-refractivity contribution in [3.8, 4) is 0 Å². The summed E-state index contributed by atoms with van der Waals surface area (Å²) in [5, 5.41) is 21.6. The third-order valence-corrected chi connectivity index (χ3v) is 2.94. The van der Waals surface area contributed by atoms with Crippen molar-refractivity contribution in [1.29, 1.82) is 0 Å². The second-order valence-corrected chi connectivity index (χ2v) is 6.03. The summed E-state index contributed by atoms with van der Waals surface area (Å²) in [7, 11) is 0. The molecule has 5 nitrogen and oxygen atoms in total. The molecule has 1 rings (SSSR count). The van der Waals surface area contributed by atoms with Crippen molar-refractivity contribution in [3.63, 3.8) is 0 Å². The Bertz CT molecular complexity index is 428. The molecule has 0 spiro atoms. The van der Waals surface area contributed by atoms with Crippen LogP contribution in [-0.4, -0.2) is 40.7 Å².